The van der Waals surface area contributed by atoms with Gasteiger partial charge in [0.05, 0.1) is 6.04 Å². The Kier molecular flexibility index (Phi) is 5.40. The molecule has 2 amide bonds. The molecule has 0 bridgehead atoms. The van der Waals surface area contributed by atoms with Gasteiger partial charge < -0.3 is 10.6 Å². The molecule has 136 valence electrons. The van der Waals surface area contributed by atoms with E-state index in [0.29, 0.717) is 11.5 Å². The van der Waals surface area contributed by atoms with Gasteiger partial charge in [0.1, 0.15) is 0 Å². The summed E-state index contributed by atoms with van der Waals surface area (Å²) in [5, 5.41) is 5.95. The first-order valence-electron chi connectivity index (χ1n) is 9.25. The third-order valence-corrected chi connectivity index (χ3v) is 4.81. The molecule has 1 aliphatic rings. The topological polar surface area (TPSA) is 58.2 Å². The number of carbonyl (C=O) groups is 2. The van der Waals surface area contributed by atoms with E-state index in [-0.39, 0.29) is 23.8 Å². The van der Waals surface area contributed by atoms with Crippen molar-refractivity contribution >= 4 is 17.5 Å². The van der Waals surface area contributed by atoms with Crippen LogP contribution in [0.25, 0.3) is 0 Å². The van der Waals surface area contributed by atoms with Crippen molar-refractivity contribution in [3.8, 4) is 0 Å². The van der Waals surface area contributed by atoms with Crippen LogP contribution in [0, 0.1) is 5.92 Å². The minimum absolute atomic E-state index is 0.0843. The number of nitrogens with one attached hydrogen (secondary N) is 2. The number of hydrogen-bond acceptors (Lipinski definition) is 2. The zero-order valence-electron chi connectivity index (χ0n) is 15.6. The van der Waals surface area contributed by atoms with Crippen molar-refractivity contribution in [1.82, 2.24) is 5.32 Å². The summed E-state index contributed by atoms with van der Waals surface area (Å²) in [6.07, 6.45) is 1.98. The molecule has 0 spiro atoms. The summed E-state index contributed by atoms with van der Waals surface area (Å²) in [6.45, 7) is 6.22. The van der Waals surface area contributed by atoms with Crippen molar-refractivity contribution in [2.75, 3.05) is 5.32 Å². The molecule has 4 heteroatoms. The second kappa shape index (κ2) is 7.73. The number of amides is 2. The lowest BCUT2D eigenvalue weighted by Crippen LogP contribution is -2.26. The van der Waals surface area contributed by atoms with E-state index in [1.807, 2.05) is 55.5 Å². The fourth-order valence-corrected chi connectivity index (χ4v) is 2.83. The molecular weight excluding hydrogens is 324 g/mol. The van der Waals surface area contributed by atoms with E-state index in [1.54, 1.807) is 0 Å². The molecule has 2 N–H and O–H groups in total. The monoisotopic (exact) mass is 350 g/mol. The van der Waals surface area contributed by atoms with E-state index in [2.05, 4.69) is 24.5 Å². The second-order valence-corrected chi connectivity index (χ2v) is 7.36. The predicted molar refractivity (Wildman–Crippen MR) is 104 cm³/mol. The zero-order chi connectivity index (χ0) is 18.7. The molecule has 0 heterocycles. The molecule has 1 atom stereocenters. The molecule has 0 radical (unpaired) electrons. The maximum Gasteiger partial charge on any atom is 0.251 e. The molecule has 1 unspecified atom stereocenters. The molecular formula is C22H26N2O2. The number of hydrogen-bond donors (Lipinski definition) is 2. The second-order valence-electron chi connectivity index (χ2n) is 7.36. The van der Waals surface area contributed by atoms with Crippen LogP contribution in [0.4, 0.5) is 5.69 Å². The maximum absolute atomic E-state index is 12.4. The van der Waals surface area contributed by atoms with Crippen molar-refractivity contribution in [1.29, 1.82) is 0 Å². The van der Waals surface area contributed by atoms with Crippen LogP contribution in [0.5, 0.6) is 0 Å². The van der Waals surface area contributed by atoms with Crippen LogP contribution in [0.15, 0.2) is 48.5 Å². The van der Waals surface area contributed by atoms with Gasteiger partial charge in [-0.2, -0.15) is 0 Å². The number of benzene rings is 2. The van der Waals surface area contributed by atoms with Crippen molar-refractivity contribution in [2.24, 2.45) is 5.92 Å². The zero-order valence-corrected chi connectivity index (χ0v) is 15.6. The Morgan fingerprint density at radius 3 is 2.00 bits per heavy atom. The number of carbonyl (C=O) groups excluding carboxylic acids is 2. The Balaban J connectivity index is 1.58. The highest BCUT2D eigenvalue weighted by atomic mass is 16.2. The molecule has 1 fully saturated rings. The molecule has 1 aliphatic carbocycles. The van der Waals surface area contributed by atoms with E-state index < -0.39 is 0 Å². The van der Waals surface area contributed by atoms with Gasteiger partial charge in [0.25, 0.3) is 5.91 Å². The van der Waals surface area contributed by atoms with Gasteiger partial charge in [-0.3, -0.25) is 9.59 Å². The van der Waals surface area contributed by atoms with Gasteiger partial charge in [-0.15, -0.1) is 0 Å². The van der Waals surface area contributed by atoms with Gasteiger partial charge in [0.15, 0.2) is 0 Å². The summed E-state index contributed by atoms with van der Waals surface area (Å²) in [5.74, 6) is 0.655. The fraction of sp³-hybridized carbons (Fsp3) is 0.364. The number of rotatable bonds is 6. The summed E-state index contributed by atoms with van der Waals surface area (Å²) < 4.78 is 0. The van der Waals surface area contributed by atoms with Crippen molar-refractivity contribution in [3.63, 3.8) is 0 Å². The lowest BCUT2D eigenvalue weighted by molar-refractivity contribution is -0.117. The van der Waals surface area contributed by atoms with E-state index in [4.69, 9.17) is 0 Å². The third kappa shape index (κ3) is 4.51. The highest BCUT2D eigenvalue weighted by Crippen LogP contribution is 2.30. The summed E-state index contributed by atoms with van der Waals surface area (Å²) in [4.78, 5) is 24.2. The van der Waals surface area contributed by atoms with Crippen LogP contribution < -0.4 is 10.6 Å². The van der Waals surface area contributed by atoms with Crippen molar-refractivity contribution in [3.05, 3.63) is 65.2 Å². The summed E-state index contributed by atoms with van der Waals surface area (Å²) in [5.41, 5.74) is 3.68. The van der Waals surface area contributed by atoms with Crippen LogP contribution in [0.3, 0.4) is 0 Å². The van der Waals surface area contributed by atoms with E-state index in [0.717, 1.165) is 24.1 Å². The minimum atomic E-state index is -0.111. The van der Waals surface area contributed by atoms with Crippen LogP contribution >= 0.6 is 0 Å². The molecule has 0 aromatic heterocycles. The van der Waals surface area contributed by atoms with Gasteiger partial charge in [0, 0.05) is 17.2 Å². The molecule has 2 aromatic carbocycles. The van der Waals surface area contributed by atoms with Gasteiger partial charge >= 0.3 is 0 Å². The van der Waals surface area contributed by atoms with Gasteiger partial charge in [-0.05, 0) is 61.1 Å². The largest absolute Gasteiger partial charge is 0.346 e. The minimum Gasteiger partial charge on any atom is -0.346 e. The third-order valence-electron chi connectivity index (χ3n) is 4.81. The number of anilines is 1. The molecule has 2 aromatic rings. The van der Waals surface area contributed by atoms with Crippen LogP contribution in [0.1, 0.15) is 67.1 Å². The van der Waals surface area contributed by atoms with E-state index >= 15 is 0 Å². The standard InChI is InChI=1S/C22H26N2O2/c1-14(2)16-4-6-18(7-5-16)21(25)23-15(3)17-10-12-20(13-11-17)24-22(26)19-8-9-19/h4-7,10-15,19H,8-9H2,1-3H3,(H,23,25)(H,24,26). The average Bonchev–Trinajstić information content (AvgIpc) is 3.47. The van der Waals surface area contributed by atoms with E-state index in [1.165, 1.54) is 5.56 Å². The maximum atomic E-state index is 12.4. The summed E-state index contributed by atoms with van der Waals surface area (Å²) in [6, 6.07) is 15.3. The summed E-state index contributed by atoms with van der Waals surface area (Å²) >= 11 is 0. The van der Waals surface area contributed by atoms with Crippen LogP contribution in [-0.2, 0) is 4.79 Å². The smallest absolute Gasteiger partial charge is 0.251 e. The Labute approximate surface area is 155 Å². The molecule has 3 rings (SSSR count). The van der Waals surface area contributed by atoms with Gasteiger partial charge in [-0.25, -0.2) is 0 Å². The molecule has 0 aliphatic heterocycles. The molecule has 26 heavy (non-hydrogen) atoms. The Bertz CT molecular complexity index is 775. The van der Waals surface area contributed by atoms with Gasteiger partial charge in [-0.1, -0.05) is 38.1 Å². The average molecular weight is 350 g/mol. The first kappa shape index (κ1) is 18.2. The first-order chi connectivity index (χ1) is 12.4. The van der Waals surface area contributed by atoms with Crippen LogP contribution in [0.2, 0.25) is 0 Å². The highest BCUT2D eigenvalue weighted by molar-refractivity contribution is 5.95. The SMILES string of the molecule is CC(C)c1ccc(C(=O)NC(C)c2ccc(NC(=O)C3CC3)cc2)cc1. The Morgan fingerprint density at radius 1 is 0.885 bits per heavy atom. The first-order valence-corrected chi connectivity index (χ1v) is 9.25. The summed E-state index contributed by atoms with van der Waals surface area (Å²) in [7, 11) is 0. The van der Waals surface area contributed by atoms with Crippen LogP contribution in [-0.4, -0.2) is 11.8 Å². The fourth-order valence-electron chi connectivity index (χ4n) is 2.83. The molecule has 0 saturated heterocycles. The van der Waals surface area contributed by atoms with E-state index in [9.17, 15) is 9.59 Å². The quantitative estimate of drug-likeness (QED) is 0.797. The lowest BCUT2D eigenvalue weighted by Gasteiger charge is -2.15. The lowest BCUT2D eigenvalue weighted by atomic mass is 10.0. The normalized spacial score (nSPS) is 14.8. The van der Waals surface area contributed by atoms with Crippen molar-refractivity contribution in [2.45, 2.75) is 45.6 Å². The predicted octanol–water partition coefficient (Wildman–Crippen LogP) is 4.65. The highest BCUT2D eigenvalue weighted by Gasteiger charge is 2.29. The van der Waals surface area contributed by atoms with Crippen molar-refractivity contribution < 1.29 is 9.59 Å². The van der Waals surface area contributed by atoms with Gasteiger partial charge in [0.2, 0.25) is 5.91 Å². The Hall–Kier alpha value is -2.62. The Morgan fingerprint density at radius 2 is 1.46 bits per heavy atom. The molecule has 4 nitrogen and oxygen atoms in total. The molecule has 1 saturated carbocycles.